The molecular formula is C23H28F3N7S. The van der Waals surface area contributed by atoms with E-state index in [9.17, 15) is 13.2 Å². The molecule has 0 aromatic carbocycles. The molecule has 1 saturated heterocycles. The summed E-state index contributed by atoms with van der Waals surface area (Å²) in [5.74, 6) is -0.596. The first-order valence-corrected chi connectivity index (χ1v) is 11.9. The van der Waals surface area contributed by atoms with E-state index in [4.69, 9.17) is 0 Å². The van der Waals surface area contributed by atoms with Gasteiger partial charge in [-0.1, -0.05) is 12.7 Å². The molecule has 4 heterocycles. The maximum absolute atomic E-state index is 13.1. The summed E-state index contributed by atoms with van der Waals surface area (Å²) in [7, 11) is 1.83. The molecule has 0 spiro atoms. The van der Waals surface area contributed by atoms with E-state index >= 15 is 0 Å². The Hall–Kier alpha value is -2.92. The zero-order valence-corrected chi connectivity index (χ0v) is 20.0. The summed E-state index contributed by atoms with van der Waals surface area (Å²) in [4.78, 5) is 11.2. The second-order valence-electron chi connectivity index (χ2n) is 8.41. The zero-order chi connectivity index (χ0) is 24.3. The van der Waals surface area contributed by atoms with E-state index in [1.54, 1.807) is 12.3 Å². The molecular weight excluding hydrogens is 463 g/mol. The number of likely N-dealkylation sites (tertiary alicyclic amines) is 1. The van der Waals surface area contributed by atoms with E-state index < -0.39 is 12.1 Å². The number of aromatic nitrogens is 4. The van der Waals surface area contributed by atoms with Gasteiger partial charge in [0.15, 0.2) is 11.5 Å². The third kappa shape index (κ3) is 5.41. The number of halogens is 3. The fourth-order valence-corrected chi connectivity index (χ4v) is 4.89. The molecule has 11 heteroatoms. The van der Waals surface area contributed by atoms with Crippen LogP contribution in [0.2, 0.25) is 0 Å². The van der Waals surface area contributed by atoms with Crippen LogP contribution in [-0.4, -0.2) is 50.0 Å². The molecule has 1 aliphatic rings. The van der Waals surface area contributed by atoms with Gasteiger partial charge in [-0.3, -0.25) is 9.30 Å². The van der Waals surface area contributed by atoms with Gasteiger partial charge in [0.1, 0.15) is 5.00 Å². The predicted octanol–water partition coefficient (Wildman–Crippen LogP) is 5.15. The van der Waals surface area contributed by atoms with Gasteiger partial charge in [0.25, 0.3) is 0 Å². The molecule has 3 aromatic heterocycles. The highest BCUT2D eigenvalue weighted by molar-refractivity contribution is 7.10. The Kier molecular flexibility index (Phi) is 7.22. The normalized spacial score (nSPS) is 18.1. The molecule has 4 rings (SSSR count). The summed E-state index contributed by atoms with van der Waals surface area (Å²) in [5.41, 5.74) is 4.10. The molecule has 1 unspecified atom stereocenters. The SMILES string of the molecule is C=C/C(=C\NC)c1cnc2c(Nc3cc(CN4CCCC(C(F)(F)F)CC4)ns3)nc(C)cn12. The summed E-state index contributed by atoms with van der Waals surface area (Å²) < 4.78 is 45.7. The van der Waals surface area contributed by atoms with Gasteiger partial charge in [0.05, 0.1) is 29.2 Å². The minimum absolute atomic E-state index is 0.140. The van der Waals surface area contributed by atoms with Gasteiger partial charge in [-0.15, -0.1) is 0 Å². The number of alkyl halides is 3. The number of hydrogen-bond acceptors (Lipinski definition) is 7. The van der Waals surface area contributed by atoms with Crippen LogP contribution in [0.4, 0.5) is 24.0 Å². The number of fused-ring (bicyclic) bond motifs is 1. The van der Waals surface area contributed by atoms with Crippen molar-refractivity contribution in [2.24, 2.45) is 5.92 Å². The van der Waals surface area contributed by atoms with Crippen molar-refractivity contribution in [3.8, 4) is 0 Å². The molecule has 0 bridgehead atoms. The lowest BCUT2D eigenvalue weighted by Crippen LogP contribution is -2.27. The minimum atomic E-state index is -4.11. The number of rotatable bonds is 7. The van der Waals surface area contributed by atoms with E-state index in [0.29, 0.717) is 37.5 Å². The van der Waals surface area contributed by atoms with Gasteiger partial charge in [-0.2, -0.15) is 17.5 Å². The number of allylic oxidation sites excluding steroid dienone is 2. The van der Waals surface area contributed by atoms with Crippen molar-refractivity contribution in [3.63, 3.8) is 0 Å². The van der Waals surface area contributed by atoms with Crippen LogP contribution >= 0.6 is 11.5 Å². The van der Waals surface area contributed by atoms with Gasteiger partial charge >= 0.3 is 6.18 Å². The average molecular weight is 492 g/mol. The van der Waals surface area contributed by atoms with E-state index in [0.717, 1.165) is 27.7 Å². The average Bonchev–Trinajstić information content (AvgIpc) is 3.32. The Morgan fingerprint density at radius 1 is 1.32 bits per heavy atom. The second-order valence-corrected chi connectivity index (χ2v) is 9.22. The molecule has 2 N–H and O–H groups in total. The molecule has 7 nitrogen and oxygen atoms in total. The highest BCUT2D eigenvalue weighted by atomic mass is 32.1. The third-order valence-corrected chi connectivity index (χ3v) is 6.64. The molecule has 34 heavy (non-hydrogen) atoms. The number of anilines is 2. The van der Waals surface area contributed by atoms with E-state index in [-0.39, 0.29) is 12.8 Å². The topological polar surface area (TPSA) is 70.4 Å². The molecule has 3 aromatic rings. The largest absolute Gasteiger partial charge is 0.393 e. The maximum atomic E-state index is 13.1. The highest BCUT2D eigenvalue weighted by Gasteiger charge is 2.39. The molecule has 1 atom stereocenters. The molecule has 0 saturated carbocycles. The predicted molar refractivity (Wildman–Crippen MR) is 129 cm³/mol. The summed E-state index contributed by atoms with van der Waals surface area (Å²) in [6.45, 7) is 7.40. The first-order chi connectivity index (χ1) is 16.3. The number of aryl methyl sites for hydroxylation is 1. The lowest BCUT2D eigenvalue weighted by Gasteiger charge is -2.20. The fraction of sp³-hybridized carbons (Fsp3) is 0.435. The van der Waals surface area contributed by atoms with E-state index in [2.05, 4.69) is 36.5 Å². The highest BCUT2D eigenvalue weighted by Crippen LogP contribution is 2.34. The molecule has 1 aliphatic heterocycles. The van der Waals surface area contributed by atoms with E-state index in [1.807, 2.05) is 36.8 Å². The Labute approximate surface area is 200 Å². The first kappa shape index (κ1) is 24.2. The molecule has 1 fully saturated rings. The van der Waals surface area contributed by atoms with Crippen molar-refractivity contribution in [3.05, 3.63) is 54.4 Å². The van der Waals surface area contributed by atoms with Crippen LogP contribution in [0.1, 0.15) is 36.3 Å². The number of hydrogen-bond donors (Lipinski definition) is 2. The van der Waals surface area contributed by atoms with Crippen LogP contribution in [0.5, 0.6) is 0 Å². The van der Waals surface area contributed by atoms with Crippen LogP contribution in [0.25, 0.3) is 11.2 Å². The lowest BCUT2D eigenvalue weighted by atomic mass is 10.0. The van der Waals surface area contributed by atoms with Crippen molar-refractivity contribution in [1.82, 2.24) is 29.0 Å². The Morgan fingerprint density at radius 3 is 2.88 bits per heavy atom. The van der Waals surface area contributed by atoms with Crippen LogP contribution in [0.15, 0.2) is 37.3 Å². The van der Waals surface area contributed by atoms with Crippen molar-refractivity contribution >= 4 is 33.6 Å². The Morgan fingerprint density at radius 2 is 2.15 bits per heavy atom. The number of nitrogens with zero attached hydrogens (tertiary/aromatic N) is 5. The fourth-order valence-electron chi connectivity index (χ4n) is 4.23. The summed E-state index contributed by atoms with van der Waals surface area (Å²) in [5, 5.41) is 7.14. The van der Waals surface area contributed by atoms with Crippen LogP contribution in [0.3, 0.4) is 0 Å². The van der Waals surface area contributed by atoms with Gasteiger partial charge in [-0.25, -0.2) is 9.97 Å². The number of imidazole rings is 1. The van der Waals surface area contributed by atoms with Crippen molar-refractivity contribution in [1.29, 1.82) is 0 Å². The summed E-state index contributed by atoms with van der Waals surface area (Å²) >= 11 is 1.30. The standard InChI is InChI=1S/C23H28F3N7S/c1-4-16(11-27-3)19-12-28-22-21(29-15(2)13-33(19)22)30-20-10-18(31-34-20)14-32-8-5-6-17(7-9-32)23(24,25)26/h4,10-13,17,27H,1,5-9,14H2,2-3H3,(H,29,30)/b16-11+. The van der Waals surface area contributed by atoms with Gasteiger partial charge < -0.3 is 10.6 Å². The van der Waals surface area contributed by atoms with Crippen molar-refractivity contribution in [2.45, 2.75) is 38.9 Å². The lowest BCUT2D eigenvalue weighted by molar-refractivity contribution is -0.177. The minimum Gasteiger partial charge on any atom is -0.393 e. The third-order valence-electron chi connectivity index (χ3n) is 5.90. The molecule has 0 radical (unpaired) electrons. The quantitative estimate of drug-likeness (QED) is 0.446. The Balaban J connectivity index is 1.49. The number of nitrogens with one attached hydrogen (secondary N) is 2. The van der Waals surface area contributed by atoms with E-state index in [1.165, 1.54) is 11.5 Å². The summed E-state index contributed by atoms with van der Waals surface area (Å²) in [6.07, 6.45) is 4.08. The van der Waals surface area contributed by atoms with Gasteiger partial charge in [0, 0.05) is 31.6 Å². The molecule has 182 valence electrons. The second kappa shape index (κ2) is 10.1. The van der Waals surface area contributed by atoms with Gasteiger partial charge in [0.2, 0.25) is 0 Å². The monoisotopic (exact) mass is 491 g/mol. The smallest absolute Gasteiger partial charge is 0.391 e. The Bertz CT molecular complexity index is 1180. The van der Waals surface area contributed by atoms with Crippen LogP contribution < -0.4 is 10.6 Å². The molecule has 0 amide bonds. The van der Waals surface area contributed by atoms with Gasteiger partial charge in [-0.05, 0) is 56.9 Å². The van der Waals surface area contributed by atoms with Crippen LogP contribution in [-0.2, 0) is 6.54 Å². The summed E-state index contributed by atoms with van der Waals surface area (Å²) in [6, 6.07) is 1.93. The van der Waals surface area contributed by atoms with Crippen molar-refractivity contribution < 1.29 is 13.2 Å². The first-order valence-electron chi connectivity index (χ1n) is 11.1. The van der Waals surface area contributed by atoms with Crippen LogP contribution in [0, 0.1) is 12.8 Å². The molecule has 0 aliphatic carbocycles. The van der Waals surface area contributed by atoms with Crippen molar-refractivity contribution in [2.75, 3.05) is 25.5 Å². The zero-order valence-electron chi connectivity index (χ0n) is 19.2. The maximum Gasteiger partial charge on any atom is 0.391 e.